The number of H-pyrrole nitrogens is 1. The first-order valence-electron chi connectivity index (χ1n) is 4.98. The highest BCUT2D eigenvalue weighted by molar-refractivity contribution is 7.99. The maximum Gasteiger partial charge on any atom is 0.178 e. The maximum atomic E-state index is 5.36. The number of nitrogens with zero attached hydrogens (tertiary/aromatic N) is 2. The Labute approximate surface area is 96.9 Å². The fraction of sp³-hybridized carbons (Fsp3) is 0.400. The van der Waals surface area contributed by atoms with Crippen molar-refractivity contribution in [3.63, 3.8) is 0 Å². The summed E-state index contributed by atoms with van der Waals surface area (Å²) in [5, 5.41) is 0. The van der Waals surface area contributed by atoms with E-state index >= 15 is 0 Å². The van der Waals surface area contributed by atoms with Gasteiger partial charge in [0.2, 0.25) is 0 Å². The summed E-state index contributed by atoms with van der Waals surface area (Å²) < 4.78 is 3.07. The third-order valence-corrected chi connectivity index (χ3v) is 4.23. The van der Waals surface area contributed by atoms with E-state index in [-0.39, 0.29) is 0 Å². The molecule has 0 bridgehead atoms. The zero-order valence-electron chi connectivity index (χ0n) is 8.14. The average molecular weight is 237 g/mol. The van der Waals surface area contributed by atoms with Crippen LogP contribution in [0, 0.1) is 4.77 Å². The minimum Gasteiger partial charge on any atom is -0.329 e. The highest BCUT2D eigenvalue weighted by Gasteiger charge is 2.19. The molecule has 0 amide bonds. The number of nitrogens with one attached hydrogen (secondary N) is 1. The van der Waals surface area contributed by atoms with Crippen molar-refractivity contribution in [3.8, 4) is 0 Å². The third kappa shape index (κ3) is 1.50. The summed E-state index contributed by atoms with van der Waals surface area (Å²) in [5.74, 6) is 2.41. The van der Waals surface area contributed by atoms with E-state index in [0.29, 0.717) is 6.04 Å². The number of rotatable bonds is 1. The quantitative estimate of drug-likeness (QED) is 0.774. The van der Waals surface area contributed by atoms with Crippen LogP contribution in [0.3, 0.4) is 0 Å². The van der Waals surface area contributed by atoms with Gasteiger partial charge in [0.1, 0.15) is 0 Å². The van der Waals surface area contributed by atoms with Crippen molar-refractivity contribution in [1.82, 2.24) is 14.5 Å². The zero-order valence-corrected chi connectivity index (χ0v) is 9.77. The third-order valence-electron chi connectivity index (χ3n) is 2.79. The molecule has 1 atom stereocenters. The first-order chi connectivity index (χ1) is 7.36. The van der Waals surface area contributed by atoms with Crippen molar-refractivity contribution in [3.05, 3.63) is 23.2 Å². The van der Waals surface area contributed by atoms with Crippen molar-refractivity contribution in [2.45, 2.75) is 12.5 Å². The van der Waals surface area contributed by atoms with E-state index in [4.69, 9.17) is 12.2 Å². The van der Waals surface area contributed by atoms with Crippen LogP contribution in [0.25, 0.3) is 11.0 Å². The van der Waals surface area contributed by atoms with Crippen molar-refractivity contribution < 1.29 is 0 Å². The maximum absolute atomic E-state index is 5.36. The van der Waals surface area contributed by atoms with Crippen LogP contribution in [0.2, 0.25) is 0 Å². The molecule has 15 heavy (non-hydrogen) atoms. The summed E-state index contributed by atoms with van der Waals surface area (Å²) in [6, 6.07) is 2.59. The van der Waals surface area contributed by atoms with Crippen LogP contribution in [0.5, 0.6) is 0 Å². The molecule has 1 N–H and O–H groups in total. The van der Waals surface area contributed by atoms with Crippen molar-refractivity contribution in [1.29, 1.82) is 0 Å². The van der Waals surface area contributed by atoms with E-state index in [1.54, 1.807) is 0 Å². The molecule has 0 aliphatic carbocycles. The van der Waals surface area contributed by atoms with Crippen LogP contribution in [0.15, 0.2) is 18.5 Å². The molecule has 2 aromatic rings. The Hall–Kier alpha value is -0.810. The molecule has 3 heterocycles. The normalized spacial score (nSPS) is 21.2. The van der Waals surface area contributed by atoms with Gasteiger partial charge in [-0.05, 0) is 30.5 Å². The number of hydrogen-bond acceptors (Lipinski definition) is 3. The lowest BCUT2D eigenvalue weighted by Crippen LogP contribution is -2.07. The van der Waals surface area contributed by atoms with Gasteiger partial charge in [-0.2, -0.15) is 11.8 Å². The largest absolute Gasteiger partial charge is 0.329 e. The van der Waals surface area contributed by atoms with Gasteiger partial charge in [-0.1, -0.05) is 0 Å². The first kappa shape index (κ1) is 9.42. The standard InChI is InChI=1S/C10H11N3S2/c14-10-12-8-5-11-3-1-9(8)13(10)7-2-4-15-6-7/h1,3,5,7H,2,4,6H2,(H,12,14). The van der Waals surface area contributed by atoms with Crippen LogP contribution in [0.4, 0.5) is 0 Å². The van der Waals surface area contributed by atoms with Gasteiger partial charge in [0, 0.05) is 18.0 Å². The van der Waals surface area contributed by atoms with Crippen LogP contribution in [0.1, 0.15) is 12.5 Å². The van der Waals surface area contributed by atoms with Crippen molar-refractivity contribution in [2.24, 2.45) is 0 Å². The molecule has 1 unspecified atom stereocenters. The smallest absolute Gasteiger partial charge is 0.178 e. The van der Waals surface area contributed by atoms with Crippen LogP contribution in [-0.2, 0) is 0 Å². The Morgan fingerprint density at radius 3 is 3.33 bits per heavy atom. The van der Waals surface area contributed by atoms with Crippen molar-refractivity contribution >= 4 is 35.0 Å². The number of aromatic nitrogens is 3. The van der Waals surface area contributed by atoms with Gasteiger partial charge in [0.25, 0.3) is 0 Å². The van der Waals surface area contributed by atoms with E-state index in [1.165, 1.54) is 23.4 Å². The number of pyridine rings is 1. The summed E-state index contributed by atoms with van der Waals surface area (Å²) in [6.45, 7) is 0. The fourth-order valence-corrected chi connectivity index (χ4v) is 3.62. The predicted octanol–water partition coefficient (Wildman–Crippen LogP) is 2.77. The Kier molecular flexibility index (Phi) is 2.29. The monoisotopic (exact) mass is 237 g/mol. The second-order valence-corrected chi connectivity index (χ2v) is 5.25. The fourth-order valence-electron chi connectivity index (χ4n) is 2.07. The molecule has 0 radical (unpaired) electrons. The van der Waals surface area contributed by atoms with Crippen LogP contribution >= 0.6 is 24.0 Å². The molecule has 3 rings (SSSR count). The Morgan fingerprint density at radius 2 is 2.53 bits per heavy atom. The molecule has 0 spiro atoms. The molecule has 78 valence electrons. The molecule has 5 heteroatoms. The number of imidazole rings is 1. The Balaban J connectivity index is 2.23. The predicted molar refractivity (Wildman–Crippen MR) is 65.9 cm³/mol. The van der Waals surface area contributed by atoms with Gasteiger partial charge in [-0.3, -0.25) is 4.98 Å². The molecule has 0 saturated carbocycles. The number of hydrogen-bond donors (Lipinski definition) is 1. The van der Waals surface area contributed by atoms with Gasteiger partial charge in [-0.25, -0.2) is 0 Å². The lowest BCUT2D eigenvalue weighted by Gasteiger charge is -2.11. The van der Waals surface area contributed by atoms with Gasteiger partial charge >= 0.3 is 0 Å². The summed E-state index contributed by atoms with van der Waals surface area (Å²) in [4.78, 5) is 7.31. The van der Waals surface area contributed by atoms with Gasteiger partial charge < -0.3 is 9.55 Å². The van der Waals surface area contributed by atoms with Gasteiger partial charge in [0.15, 0.2) is 4.77 Å². The second kappa shape index (κ2) is 3.64. The molecule has 1 saturated heterocycles. The lowest BCUT2D eigenvalue weighted by molar-refractivity contribution is 0.569. The number of thioether (sulfide) groups is 1. The summed E-state index contributed by atoms with van der Waals surface area (Å²) in [7, 11) is 0. The van der Waals surface area contributed by atoms with Gasteiger partial charge in [0.05, 0.1) is 17.2 Å². The van der Waals surface area contributed by atoms with Crippen molar-refractivity contribution in [2.75, 3.05) is 11.5 Å². The minimum absolute atomic E-state index is 0.554. The summed E-state index contributed by atoms with van der Waals surface area (Å²) >= 11 is 7.36. The molecule has 1 aliphatic heterocycles. The summed E-state index contributed by atoms with van der Waals surface area (Å²) in [6.07, 6.45) is 4.88. The zero-order chi connectivity index (χ0) is 10.3. The Bertz CT molecular complexity index is 537. The van der Waals surface area contributed by atoms with Crippen LogP contribution < -0.4 is 0 Å². The van der Waals surface area contributed by atoms with E-state index in [9.17, 15) is 0 Å². The molecule has 1 fully saturated rings. The SMILES string of the molecule is S=c1[nH]c2cnccc2n1C1CCSC1. The van der Waals surface area contributed by atoms with Crippen LogP contribution in [-0.4, -0.2) is 26.0 Å². The highest BCUT2D eigenvalue weighted by Crippen LogP contribution is 2.30. The first-order valence-corrected chi connectivity index (χ1v) is 6.54. The minimum atomic E-state index is 0.554. The summed E-state index contributed by atoms with van der Waals surface area (Å²) in [5.41, 5.74) is 2.22. The molecule has 3 nitrogen and oxygen atoms in total. The average Bonchev–Trinajstić information content (AvgIpc) is 2.82. The molecular formula is C10H11N3S2. The molecule has 1 aliphatic rings. The number of aromatic amines is 1. The van der Waals surface area contributed by atoms with E-state index < -0.39 is 0 Å². The topological polar surface area (TPSA) is 33.6 Å². The van der Waals surface area contributed by atoms with E-state index in [2.05, 4.69) is 14.5 Å². The molecule has 0 aromatic carbocycles. The molecular weight excluding hydrogens is 226 g/mol. The van der Waals surface area contributed by atoms with Gasteiger partial charge in [-0.15, -0.1) is 0 Å². The van der Waals surface area contributed by atoms with E-state index in [1.807, 2.05) is 30.2 Å². The molecule has 2 aromatic heterocycles. The lowest BCUT2D eigenvalue weighted by atomic mass is 10.2. The van der Waals surface area contributed by atoms with E-state index in [0.717, 1.165) is 10.3 Å². The second-order valence-electron chi connectivity index (χ2n) is 3.71. The Morgan fingerprint density at radius 1 is 1.60 bits per heavy atom. The highest BCUT2D eigenvalue weighted by atomic mass is 32.2. The number of fused-ring (bicyclic) bond motifs is 1.